The zero-order chi connectivity index (χ0) is 11.4. The minimum Gasteiger partial charge on any atom is -0.358 e. The summed E-state index contributed by atoms with van der Waals surface area (Å²) in [5.74, 6) is 0.619. The monoisotopic (exact) mass is 272 g/mol. The van der Waals surface area contributed by atoms with Crippen LogP contribution in [0, 0.1) is 0 Å². The van der Waals surface area contributed by atoms with Crippen LogP contribution in [0.15, 0.2) is 17.0 Å². The van der Waals surface area contributed by atoms with Crippen LogP contribution in [0.1, 0.15) is 6.92 Å². The first-order valence-electron chi connectivity index (χ1n) is 4.45. The van der Waals surface area contributed by atoms with Gasteiger partial charge in [-0.3, -0.25) is 4.79 Å². The molecule has 0 fully saturated rings. The molecule has 0 radical (unpaired) electrons. The first kappa shape index (κ1) is 11.9. The average molecular weight is 273 g/mol. The van der Waals surface area contributed by atoms with Gasteiger partial charge >= 0.3 is 0 Å². The fraction of sp³-hybridized carbons (Fsp3) is 0.444. The topological polar surface area (TPSA) is 58.1 Å². The second-order valence-corrected chi connectivity index (χ2v) is 4.17. The zero-order valence-electron chi connectivity index (χ0n) is 8.86. The lowest BCUT2D eigenvalue weighted by Crippen LogP contribution is -2.36. The van der Waals surface area contributed by atoms with Crippen molar-refractivity contribution in [1.82, 2.24) is 14.9 Å². The number of nitrogens with zero attached hydrogens (tertiary/aromatic N) is 3. The first-order chi connectivity index (χ1) is 7.02. The molecule has 0 saturated carbocycles. The van der Waals surface area contributed by atoms with Crippen molar-refractivity contribution in [1.29, 1.82) is 0 Å². The van der Waals surface area contributed by atoms with Gasteiger partial charge in [0.05, 0.1) is 4.47 Å². The number of nitrogens with one attached hydrogen (secondary N) is 1. The van der Waals surface area contributed by atoms with Crippen molar-refractivity contribution < 1.29 is 4.79 Å². The van der Waals surface area contributed by atoms with Gasteiger partial charge in [-0.1, -0.05) is 0 Å². The minimum absolute atomic E-state index is 0.000474. The van der Waals surface area contributed by atoms with Gasteiger partial charge in [0.1, 0.15) is 18.2 Å². The molecule has 1 aromatic rings. The van der Waals surface area contributed by atoms with Gasteiger partial charge in [0.25, 0.3) is 0 Å². The molecule has 1 N–H and O–H groups in total. The molecule has 1 aromatic heterocycles. The minimum atomic E-state index is -0.314. The van der Waals surface area contributed by atoms with Crippen LogP contribution in [-0.2, 0) is 4.79 Å². The summed E-state index contributed by atoms with van der Waals surface area (Å²) in [5.41, 5.74) is 0. The highest BCUT2D eigenvalue weighted by Crippen LogP contribution is 2.17. The Kier molecular flexibility index (Phi) is 4.02. The number of likely N-dealkylation sites (N-methyl/N-ethyl adjacent to an activating group) is 1. The third kappa shape index (κ3) is 3.16. The molecule has 1 rings (SSSR count). The molecule has 0 aliphatic carbocycles. The number of rotatable bonds is 3. The van der Waals surface area contributed by atoms with Crippen molar-refractivity contribution >= 4 is 27.7 Å². The summed E-state index contributed by atoms with van der Waals surface area (Å²) < 4.78 is 0.739. The van der Waals surface area contributed by atoms with E-state index in [4.69, 9.17) is 0 Å². The van der Waals surface area contributed by atoms with Gasteiger partial charge in [-0.05, 0) is 22.9 Å². The Hall–Kier alpha value is -1.17. The fourth-order valence-electron chi connectivity index (χ4n) is 1.07. The average Bonchev–Trinajstić information content (AvgIpc) is 2.20. The van der Waals surface area contributed by atoms with Gasteiger partial charge in [-0.25, -0.2) is 9.97 Å². The summed E-state index contributed by atoms with van der Waals surface area (Å²) in [6.07, 6.45) is 3.06. The Morgan fingerprint density at radius 3 is 2.80 bits per heavy atom. The molecule has 1 heterocycles. The van der Waals surface area contributed by atoms with Gasteiger partial charge in [-0.15, -0.1) is 0 Å². The van der Waals surface area contributed by atoms with Crippen molar-refractivity contribution in [2.45, 2.75) is 13.0 Å². The van der Waals surface area contributed by atoms with E-state index in [1.54, 1.807) is 27.2 Å². The van der Waals surface area contributed by atoms with Crippen LogP contribution in [0.5, 0.6) is 0 Å². The molecule has 0 aliphatic rings. The van der Waals surface area contributed by atoms with Crippen molar-refractivity contribution in [3.05, 3.63) is 17.0 Å². The van der Waals surface area contributed by atoms with Crippen molar-refractivity contribution in [3.8, 4) is 0 Å². The Morgan fingerprint density at radius 2 is 2.27 bits per heavy atom. The lowest BCUT2D eigenvalue weighted by molar-refractivity contribution is -0.129. The summed E-state index contributed by atoms with van der Waals surface area (Å²) in [5, 5.41) is 3.00. The highest BCUT2D eigenvalue weighted by Gasteiger charge is 2.15. The molecule has 82 valence electrons. The van der Waals surface area contributed by atoms with Crippen LogP contribution in [0.25, 0.3) is 0 Å². The van der Waals surface area contributed by atoms with E-state index in [-0.39, 0.29) is 11.9 Å². The van der Waals surface area contributed by atoms with E-state index in [1.807, 2.05) is 0 Å². The molecule has 1 amide bonds. The predicted molar refractivity (Wildman–Crippen MR) is 61.5 cm³/mol. The van der Waals surface area contributed by atoms with Crippen LogP contribution in [-0.4, -0.2) is 40.9 Å². The van der Waals surface area contributed by atoms with Crippen LogP contribution in [0.3, 0.4) is 0 Å². The number of carbonyl (C=O) groups excluding carboxylic acids is 1. The highest BCUT2D eigenvalue weighted by atomic mass is 79.9. The van der Waals surface area contributed by atoms with Gasteiger partial charge in [0.2, 0.25) is 5.91 Å². The van der Waals surface area contributed by atoms with Crippen molar-refractivity contribution in [3.63, 3.8) is 0 Å². The molecule has 1 atom stereocenters. The highest BCUT2D eigenvalue weighted by molar-refractivity contribution is 9.10. The van der Waals surface area contributed by atoms with Crippen LogP contribution in [0.4, 0.5) is 5.82 Å². The molecule has 15 heavy (non-hydrogen) atoms. The second-order valence-electron chi connectivity index (χ2n) is 3.32. The van der Waals surface area contributed by atoms with Crippen molar-refractivity contribution in [2.24, 2.45) is 0 Å². The third-order valence-corrected chi connectivity index (χ3v) is 2.41. The fourth-order valence-corrected chi connectivity index (χ4v) is 1.41. The maximum Gasteiger partial charge on any atom is 0.244 e. The van der Waals surface area contributed by atoms with Gasteiger partial charge in [-0.2, -0.15) is 0 Å². The van der Waals surface area contributed by atoms with Gasteiger partial charge in [0.15, 0.2) is 0 Å². The summed E-state index contributed by atoms with van der Waals surface area (Å²) in [6, 6.07) is -0.314. The maximum atomic E-state index is 11.6. The van der Waals surface area contributed by atoms with Gasteiger partial charge < -0.3 is 10.2 Å². The van der Waals surface area contributed by atoms with E-state index < -0.39 is 0 Å². The lowest BCUT2D eigenvalue weighted by atomic mass is 10.3. The van der Waals surface area contributed by atoms with E-state index in [1.165, 1.54) is 11.2 Å². The number of amides is 1. The van der Waals surface area contributed by atoms with E-state index in [2.05, 4.69) is 31.2 Å². The van der Waals surface area contributed by atoms with E-state index in [0.29, 0.717) is 5.82 Å². The molecule has 0 spiro atoms. The SMILES string of the molecule is CC(Nc1ncncc1Br)C(=O)N(C)C. The van der Waals surface area contributed by atoms with Crippen LogP contribution < -0.4 is 5.32 Å². The summed E-state index contributed by atoms with van der Waals surface area (Å²) in [7, 11) is 3.44. The second kappa shape index (κ2) is 5.06. The maximum absolute atomic E-state index is 11.6. The normalized spacial score (nSPS) is 12.0. The smallest absolute Gasteiger partial charge is 0.244 e. The predicted octanol–water partition coefficient (Wildman–Crippen LogP) is 1.13. The zero-order valence-corrected chi connectivity index (χ0v) is 10.4. The van der Waals surface area contributed by atoms with E-state index in [0.717, 1.165) is 4.47 Å². The number of anilines is 1. The molecule has 0 aromatic carbocycles. The number of carbonyl (C=O) groups is 1. The lowest BCUT2D eigenvalue weighted by Gasteiger charge is -2.18. The molecule has 1 unspecified atom stereocenters. The number of hydrogen-bond acceptors (Lipinski definition) is 4. The van der Waals surface area contributed by atoms with Crippen LogP contribution in [0.2, 0.25) is 0 Å². The standard InChI is InChI=1S/C9H13BrN4O/c1-6(9(15)14(2)3)13-8-7(10)4-11-5-12-8/h4-6H,1-3H3,(H,11,12,13). The van der Waals surface area contributed by atoms with Gasteiger partial charge in [0, 0.05) is 20.3 Å². The Balaban J connectivity index is 2.71. The Morgan fingerprint density at radius 1 is 1.60 bits per heavy atom. The number of hydrogen-bond donors (Lipinski definition) is 1. The molecule has 0 bridgehead atoms. The largest absolute Gasteiger partial charge is 0.358 e. The molecule has 0 aliphatic heterocycles. The van der Waals surface area contributed by atoms with E-state index >= 15 is 0 Å². The molecule has 6 heteroatoms. The van der Waals surface area contributed by atoms with Crippen molar-refractivity contribution in [2.75, 3.05) is 19.4 Å². The number of aromatic nitrogens is 2. The quantitative estimate of drug-likeness (QED) is 0.896. The third-order valence-electron chi connectivity index (χ3n) is 1.83. The summed E-state index contributed by atoms with van der Waals surface area (Å²) in [6.45, 7) is 1.79. The first-order valence-corrected chi connectivity index (χ1v) is 5.25. The molecule has 5 nitrogen and oxygen atoms in total. The summed E-state index contributed by atoms with van der Waals surface area (Å²) >= 11 is 3.30. The molecular weight excluding hydrogens is 260 g/mol. The van der Waals surface area contributed by atoms with Crippen LogP contribution >= 0.6 is 15.9 Å². The Labute approximate surface area is 97.0 Å². The van der Waals surface area contributed by atoms with E-state index in [9.17, 15) is 4.79 Å². The Bertz CT molecular complexity index is 356. The molecule has 0 saturated heterocycles. The molecular formula is C9H13BrN4O. The number of halogens is 1. The summed E-state index contributed by atoms with van der Waals surface area (Å²) in [4.78, 5) is 21.0.